The molecule has 1 N–H and O–H groups in total. The fourth-order valence-electron chi connectivity index (χ4n) is 1.32. The predicted molar refractivity (Wildman–Crippen MR) is 66.8 cm³/mol. The van der Waals surface area contributed by atoms with Gasteiger partial charge in [-0.1, -0.05) is 33.6 Å². The van der Waals surface area contributed by atoms with Gasteiger partial charge in [0.2, 0.25) is 0 Å². The molecule has 1 aromatic rings. The van der Waals surface area contributed by atoms with Crippen molar-refractivity contribution < 1.29 is 5.11 Å². The van der Waals surface area contributed by atoms with E-state index in [1.54, 1.807) is 12.1 Å². The topological polar surface area (TPSA) is 20.2 Å². The van der Waals surface area contributed by atoms with E-state index in [9.17, 15) is 5.11 Å². The first kappa shape index (κ1) is 12.6. The van der Waals surface area contributed by atoms with Crippen LogP contribution in [0.25, 0.3) is 0 Å². The first-order valence-corrected chi connectivity index (χ1v) is 5.88. The molecule has 0 bridgehead atoms. The van der Waals surface area contributed by atoms with E-state index in [1.165, 1.54) is 0 Å². The summed E-state index contributed by atoms with van der Waals surface area (Å²) in [6.45, 7) is 0. The van der Waals surface area contributed by atoms with E-state index < -0.39 is 6.10 Å². The highest BCUT2D eigenvalue weighted by Gasteiger charge is 2.10. The third-order valence-electron chi connectivity index (χ3n) is 2.12. The predicted octanol–water partition coefficient (Wildman–Crippen LogP) is 3.94. The summed E-state index contributed by atoms with van der Waals surface area (Å²) in [4.78, 5) is 0. The van der Waals surface area contributed by atoms with Gasteiger partial charge in [-0.25, -0.2) is 0 Å². The monoisotopic (exact) mass is 286 g/mol. The van der Waals surface area contributed by atoms with Gasteiger partial charge in [-0.2, -0.15) is 0 Å². The van der Waals surface area contributed by atoms with Crippen LogP contribution in [0, 0.1) is 12.3 Å². The van der Waals surface area contributed by atoms with Gasteiger partial charge in [0, 0.05) is 15.9 Å². The Morgan fingerprint density at radius 3 is 2.87 bits per heavy atom. The lowest BCUT2D eigenvalue weighted by Gasteiger charge is -2.12. The van der Waals surface area contributed by atoms with Crippen LogP contribution in [0.3, 0.4) is 0 Å². The number of hydrogen-bond acceptors (Lipinski definition) is 1. The van der Waals surface area contributed by atoms with Crippen molar-refractivity contribution in [3.63, 3.8) is 0 Å². The standard InChI is InChI=1S/C12H12BrClO/c1-2-3-4-5-12(15)10-7-6-9(14)8-11(10)13/h1,6-8,12,15H,3-5H2. The molecule has 1 rings (SSSR count). The van der Waals surface area contributed by atoms with Crippen LogP contribution in [0.2, 0.25) is 5.02 Å². The number of halogens is 2. The molecule has 0 aliphatic heterocycles. The summed E-state index contributed by atoms with van der Waals surface area (Å²) in [6.07, 6.45) is 6.86. The quantitative estimate of drug-likeness (QED) is 0.657. The highest BCUT2D eigenvalue weighted by molar-refractivity contribution is 9.10. The van der Waals surface area contributed by atoms with Crippen molar-refractivity contribution in [2.75, 3.05) is 0 Å². The Kier molecular flexibility index (Phi) is 5.17. The van der Waals surface area contributed by atoms with Crippen molar-refractivity contribution in [1.82, 2.24) is 0 Å². The maximum absolute atomic E-state index is 9.88. The summed E-state index contributed by atoms with van der Waals surface area (Å²) in [5, 5.41) is 10.5. The fraction of sp³-hybridized carbons (Fsp3) is 0.333. The van der Waals surface area contributed by atoms with Gasteiger partial charge in [0.25, 0.3) is 0 Å². The lowest BCUT2D eigenvalue weighted by Crippen LogP contribution is -1.98. The average molecular weight is 288 g/mol. The Morgan fingerprint density at radius 1 is 1.53 bits per heavy atom. The summed E-state index contributed by atoms with van der Waals surface area (Å²) < 4.78 is 0.836. The highest BCUT2D eigenvalue weighted by atomic mass is 79.9. The summed E-state index contributed by atoms with van der Waals surface area (Å²) in [5.74, 6) is 2.55. The Labute approximate surface area is 104 Å². The second-order valence-corrected chi connectivity index (χ2v) is 4.57. The zero-order chi connectivity index (χ0) is 11.3. The Hall–Kier alpha value is -0.490. The third kappa shape index (κ3) is 3.87. The SMILES string of the molecule is C#CCCCC(O)c1ccc(Cl)cc1Br. The molecule has 80 valence electrons. The molecule has 1 aromatic carbocycles. The molecule has 0 aliphatic rings. The molecule has 1 atom stereocenters. The number of aliphatic hydroxyl groups is 1. The zero-order valence-electron chi connectivity index (χ0n) is 8.21. The molecule has 0 saturated heterocycles. The first-order valence-electron chi connectivity index (χ1n) is 4.71. The smallest absolute Gasteiger partial charge is 0.0801 e. The molecule has 0 aliphatic carbocycles. The van der Waals surface area contributed by atoms with Gasteiger partial charge in [-0.05, 0) is 30.5 Å². The molecule has 0 radical (unpaired) electrons. The molecule has 0 amide bonds. The molecule has 0 fully saturated rings. The van der Waals surface area contributed by atoms with Crippen molar-refractivity contribution >= 4 is 27.5 Å². The molecule has 0 spiro atoms. The minimum atomic E-state index is -0.481. The van der Waals surface area contributed by atoms with E-state index in [4.69, 9.17) is 18.0 Å². The first-order chi connectivity index (χ1) is 7.15. The van der Waals surface area contributed by atoms with Crippen molar-refractivity contribution in [3.05, 3.63) is 33.3 Å². The highest BCUT2D eigenvalue weighted by Crippen LogP contribution is 2.29. The fourth-order valence-corrected chi connectivity index (χ4v) is 2.27. The van der Waals surface area contributed by atoms with Gasteiger partial charge < -0.3 is 5.11 Å². The number of benzene rings is 1. The summed E-state index contributed by atoms with van der Waals surface area (Å²) >= 11 is 9.18. The number of unbranched alkanes of at least 4 members (excludes halogenated alkanes) is 1. The van der Waals surface area contributed by atoms with Crippen LogP contribution in [0.15, 0.2) is 22.7 Å². The van der Waals surface area contributed by atoms with Gasteiger partial charge in [0.1, 0.15) is 0 Å². The van der Waals surface area contributed by atoms with Crippen LogP contribution in [-0.2, 0) is 0 Å². The van der Waals surface area contributed by atoms with Crippen molar-refractivity contribution in [2.24, 2.45) is 0 Å². The maximum atomic E-state index is 9.88. The summed E-state index contributed by atoms with van der Waals surface area (Å²) in [5.41, 5.74) is 0.858. The second-order valence-electron chi connectivity index (χ2n) is 3.28. The van der Waals surface area contributed by atoms with Crippen LogP contribution in [0.5, 0.6) is 0 Å². The molecule has 0 heterocycles. The molecule has 1 nitrogen and oxygen atoms in total. The van der Waals surface area contributed by atoms with E-state index in [0.717, 1.165) is 16.5 Å². The molecule has 0 aromatic heterocycles. The number of aliphatic hydroxyl groups excluding tert-OH is 1. The van der Waals surface area contributed by atoms with Gasteiger partial charge in [0.15, 0.2) is 0 Å². The number of rotatable bonds is 4. The minimum Gasteiger partial charge on any atom is -0.388 e. The normalized spacial score (nSPS) is 12.1. The lowest BCUT2D eigenvalue weighted by molar-refractivity contribution is 0.164. The zero-order valence-corrected chi connectivity index (χ0v) is 10.6. The van der Waals surface area contributed by atoms with Crippen LogP contribution in [-0.4, -0.2) is 5.11 Å². The number of terminal acetylenes is 1. The van der Waals surface area contributed by atoms with Crippen molar-refractivity contribution in [2.45, 2.75) is 25.4 Å². The van der Waals surface area contributed by atoms with E-state index in [0.29, 0.717) is 17.9 Å². The molecule has 1 unspecified atom stereocenters. The van der Waals surface area contributed by atoms with Gasteiger partial charge in [0.05, 0.1) is 6.10 Å². The van der Waals surface area contributed by atoms with Gasteiger partial charge in [-0.15, -0.1) is 12.3 Å². The maximum Gasteiger partial charge on any atom is 0.0801 e. The molecule has 3 heteroatoms. The Balaban J connectivity index is 2.66. The third-order valence-corrected chi connectivity index (χ3v) is 3.04. The number of hydrogen-bond donors (Lipinski definition) is 1. The second kappa shape index (κ2) is 6.17. The van der Waals surface area contributed by atoms with E-state index in [2.05, 4.69) is 21.9 Å². The molecular weight excluding hydrogens is 275 g/mol. The van der Waals surface area contributed by atoms with Crippen molar-refractivity contribution in [3.8, 4) is 12.3 Å². The van der Waals surface area contributed by atoms with E-state index >= 15 is 0 Å². The minimum absolute atomic E-state index is 0.481. The van der Waals surface area contributed by atoms with Crippen LogP contribution in [0.1, 0.15) is 30.9 Å². The van der Waals surface area contributed by atoms with Crippen molar-refractivity contribution in [1.29, 1.82) is 0 Å². The van der Waals surface area contributed by atoms with Crippen LogP contribution in [0.4, 0.5) is 0 Å². The largest absolute Gasteiger partial charge is 0.388 e. The molecular formula is C12H12BrClO. The van der Waals surface area contributed by atoms with Crippen LogP contribution < -0.4 is 0 Å². The lowest BCUT2D eigenvalue weighted by atomic mass is 10.0. The molecule has 15 heavy (non-hydrogen) atoms. The summed E-state index contributed by atoms with van der Waals surface area (Å²) in [6, 6.07) is 5.38. The van der Waals surface area contributed by atoms with Gasteiger partial charge >= 0.3 is 0 Å². The average Bonchev–Trinajstić information content (AvgIpc) is 2.17. The Bertz CT molecular complexity index is 370. The van der Waals surface area contributed by atoms with E-state index in [1.807, 2.05) is 6.07 Å². The van der Waals surface area contributed by atoms with Gasteiger partial charge in [-0.3, -0.25) is 0 Å². The van der Waals surface area contributed by atoms with Crippen LogP contribution >= 0.6 is 27.5 Å². The Morgan fingerprint density at radius 2 is 2.27 bits per heavy atom. The summed E-state index contributed by atoms with van der Waals surface area (Å²) in [7, 11) is 0. The van der Waals surface area contributed by atoms with E-state index in [-0.39, 0.29) is 0 Å². The molecule has 0 saturated carbocycles.